The molecule has 8 nitrogen and oxygen atoms in total. The van der Waals surface area contributed by atoms with E-state index >= 15 is 0 Å². The molecule has 29 heavy (non-hydrogen) atoms. The number of carbonyl (C=O) groups excluding carboxylic acids is 2. The molecule has 0 saturated heterocycles. The number of nitrogens with zero attached hydrogens (tertiary/aromatic N) is 3. The molecule has 1 atom stereocenters. The average molecular weight is 391 g/mol. The zero-order valence-corrected chi connectivity index (χ0v) is 16.0. The molecular weight excluding hydrogens is 370 g/mol. The van der Waals surface area contributed by atoms with Gasteiger partial charge in [0.05, 0.1) is 12.5 Å². The van der Waals surface area contributed by atoms with E-state index in [1.807, 2.05) is 49.4 Å². The van der Waals surface area contributed by atoms with Crippen LogP contribution in [0.2, 0.25) is 0 Å². The molecule has 0 radical (unpaired) electrons. The third-order valence-electron chi connectivity index (χ3n) is 4.81. The molecule has 2 N–H and O–H groups in total. The van der Waals surface area contributed by atoms with E-state index in [9.17, 15) is 9.59 Å². The van der Waals surface area contributed by atoms with E-state index in [0.29, 0.717) is 11.7 Å². The normalized spacial score (nSPS) is 15.3. The van der Waals surface area contributed by atoms with Crippen LogP contribution in [0.5, 0.6) is 5.75 Å². The summed E-state index contributed by atoms with van der Waals surface area (Å²) in [5, 5.41) is 9.80. The molecule has 1 aliphatic rings. The Balaban J connectivity index is 1.50. The lowest BCUT2D eigenvalue weighted by molar-refractivity contribution is -0.118. The Morgan fingerprint density at radius 2 is 2.03 bits per heavy atom. The second-order valence-corrected chi connectivity index (χ2v) is 6.68. The zero-order valence-electron chi connectivity index (χ0n) is 16.0. The van der Waals surface area contributed by atoms with Crippen LogP contribution in [-0.2, 0) is 16.0 Å². The molecule has 1 aliphatic heterocycles. The fourth-order valence-corrected chi connectivity index (χ4v) is 3.41. The van der Waals surface area contributed by atoms with Gasteiger partial charge in [0.1, 0.15) is 12.1 Å². The molecule has 4 rings (SSSR count). The number of fused-ring (bicyclic) bond motifs is 1. The van der Waals surface area contributed by atoms with Crippen molar-refractivity contribution in [3.63, 3.8) is 0 Å². The number of nitrogens with one attached hydrogen (secondary N) is 2. The summed E-state index contributed by atoms with van der Waals surface area (Å²) in [6.45, 7) is 1.90. The van der Waals surface area contributed by atoms with E-state index < -0.39 is 0 Å². The standard InChI is InChI=1S/C21H21N5O3/c1-2-14-7-3-5-9-16(14)24-20(28)12-29-18-10-6-4-8-15(18)17-11-19(27)25-21-22-13-23-26(17)21/h3-10,13,17H,2,11-12H2,1H3,(H,24,28)(H,22,23,25,27)/t17-/m0/s1. The van der Waals surface area contributed by atoms with Crippen molar-refractivity contribution >= 4 is 23.5 Å². The minimum atomic E-state index is -0.346. The Hall–Kier alpha value is -3.68. The number of hydrogen-bond donors (Lipinski definition) is 2. The van der Waals surface area contributed by atoms with Gasteiger partial charge in [0.2, 0.25) is 11.9 Å². The number of anilines is 2. The van der Waals surface area contributed by atoms with Crippen LogP contribution in [0.4, 0.5) is 11.6 Å². The smallest absolute Gasteiger partial charge is 0.262 e. The summed E-state index contributed by atoms with van der Waals surface area (Å²) < 4.78 is 7.47. The fourth-order valence-electron chi connectivity index (χ4n) is 3.41. The fraction of sp³-hybridized carbons (Fsp3) is 0.238. The predicted molar refractivity (Wildman–Crippen MR) is 108 cm³/mol. The number of ether oxygens (including phenoxy) is 1. The van der Waals surface area contributed by atoms with Gasteiger partial charge in [0, 0.05) is 11.3 Å². The third-order valence-corrected chi connectivity index (χ3v) is 4.81. The molecule has 2 aromatic carbocycles. The first-order chi connectivity index (χ1) is 14.2. The molecule has 8 heteroatoms. The van der Waals surface area contributed by atoms with Crippen LogP contribution in [-0.4, -0.2) is 33.2 Å². The summed E-state index contributed by atoms with van der Waals surface area (Å²) in [5.41, 5.74) is 2.62. The van der Waals surface area contributed by atoms with Gasteiger partial charge in [-0.3, -0.25) is 14.9 Å². The van der Waals surface area contributed by atoms with Crippen molar-refractivity contribution in [3.8, 4) is 5.75 Å². The van der Waals surface area contributed by atoms with Crippen molar-refractivity contribution in [2.45, 2.75) is 25.8 Å². The first-order valence-corrected chi connectivity index (χ1v) is 9.44. The lowest BCUT2D eigenvalue weighted by atomic mass is 10.0. The Labute approximate surface area is 167 Å². The summed E-state index contributed by atoms with van der Waals surface area (Å²) >= 11 is 0. The minimum Gasteiger partial charge on any atom is -0.483 e. The van der Waals surface area contributed by atoms with Gasteiger partial charge >= 0.3 is 0 Å². The number of amides is 2. The van der Waals surface area contributed by atoms with E-state index in [2.05, 4.69) is 20.7 Å². The van der Waals surface area contributed by atoms with Crippen LogP contribution in [0.3, 0.4) is 0 Å². The van der Waals surface area contributed by atoms with Crippen molar-refractivity contribution < 1.29 is 14.3 Å². The SMILES string of the molecule is CCc1ccccc1NC(=O)COc1ccccc1[C@@H]1CC(=O)Nc2ncnn21. The van der Waals surface area contributed by atoms with Crippen molar-refractivity contribution in [3.05, 3.63) is 66.0 Å². The van der Waals surface area contributed by atoms with Gasteiger partial charge in [-0.1, -0.05) is 43.3 Å². The summed E-state index contributed by atoms with van der Waals surface area (Å²) in [6, 6.07) is 14.7. The van der Waals surface area contributed by atoms with Gasteiger partial charge in [-0.15, -0.1) is 0 Å². The number of rotatable bonds is 6. The Morgan fingerprint density at radius 1 is 1.24 bits per heavy atom. The first-order valence-electron chi connectivity index (χ1n) is 9.44. The molecule has 3 aromatic rings. The summed E-state index contributed by atoms with van der Waals surface area (Å²) in [7, 11) is 0. The van der Waals surface area contributed by atoms with Crippen molar-refractivity contribution in [2.24, 2.45) is 0 Å². The highest BCUT2D eigenvalue weighted by Crippen LogP contribution is 2.34. The van der Waals surface area contributed by atoms with Gasteiger partial charge in [-0.05, 0) is 24.1 Å². The van der Waals surface area contributed by atoms with Gasteiger partial charge < -0.3 is 10.1 Å². The van der Waals surface area contributed by atoms with Crippen LogP contribution in [0, 0.1) is 0 Å². The first kappa shape index (κ1) is 18.7. The number of aryl methyl sites for hydroxylation is 1. The molecule has 0 saturated carbocycles. The Bertz CT molecular complexity index is 1050. The molecule has 1 aromatic heterocycles. The highest BCUT2D eigenvalue weighted by molar-refractivity contribution is 5.93. The molecule has 148 valence electrons. The predicted octanol–water partition coefficient (Wildman–Crippen LogP) is 2.79. The summed E-state index contributed by atoms with van der Waals surface area (Å²) in [5.74, 6) is 0.547. The van der Waals surface area contributed by atoms with Crippen LogP contribution in [0.15, 0.2) is 54.9 Å². The molecule has 0 unspecified atom stereocenters. The lowest BCUT2D eigenvalue weighted by Crippen LogP contribution is -2.29. The second-order valence-electron chi connectivity index (χ2n) is 6.68. The molecule has 0 aliphatic carbocycles. The zero-order chi connectivity index (χ0) is 20.2. The highest BCUT2D eigenvalue weighted by atomic mass is 16.5. The molecule has 0 spiro atoms. The summed E-state index contributed by atoms with van der Waals surface area (Å²) in [6.07, 6.45) is 2.44. The van der Waals surface area contributed by atoms with Gasteiger partial charge in [0.15, 0.2) is 6.61 Å². The maximum Gasteiger partial charge on any atom is 0.262 e. The Kier molecular flexibility index (Phi) is 5.24. The number of benzene rings is 2. The van der Waals surface area contributed by atoms with E-state index in [-0.39, 0.29) is 30.9 Å². The topological polar surface area (TPSA) is 98.1 Å². The van der Waals surface area contributed by atoms with E-state index in [1.165, 1.54) is 6.33 Å². The average Bonchev–Trinajstić information content (AvgIpc) is 3.20. The maximum absolute atomic E-state index is 12.4. The second kappa shape index (κ2) is 8.14. The number of aromatic nitrogens is 3. The quantitative estimate of drug-likeness (QED) is 0.673. The minimum absolute atomic E-state index is 0.140. The number of hydrogen-bond acceptors (Lipinski definition) is 5. The Morgan fingerprint density at radius 3 is 2.90 bits per heavy atom. The summed E-state index contributed by atoms with van der Waals surface area (Å²) in [4.78, 5) is 28.5. The molecule has 2 amide bonds. The molecular formula is C21H21N5O3. The molecule has 0 bridgehead atoms. The largest absolute Gasteiger partial charge is 0.483 e. The maximum atomic E-state index is 12.4. The number of carbonyl (C=O) groups is 2. The van der Waals surface area contributed by atoms with Crippen LogP contribution in [0.1, 0.15) is 30.5 Å². The van der Waals surface area contributed by atoms with E-state index in [0.717, 1.165) is 23.2 Å². The van der Waals surface area contributed by atoms with Crippen LogP contribution in [0.25, 0.3) is 0 Å². The van der Waals surface area contributed by atoms with Crippen molar-refractivity contribution in [1.82, 2.24) is 14.8 Å². The van der Waals surface area contributed by atoms with Gasteiger partial charge in [0.25, 0.3) is 5.91 Å². The van der Waals surface area contributed by atoms with Crippen LogP contribution < -0.4 is 15.4 Å². The monoisotopic (exact) mass is 391 g/mol. The van der Waals surface area contributed by atoms with E-state index in [4.69, 9.17) is 4.74 Å². The van der Waals surface area contributed by atoms with E-state index in [1.54, 1.807) is 10.7 Å². The van der Waals surface area contributed by atoms with Gasteiger partial charge in [-0.2, -0.15) is 10.1 Å². The van der Waals surface area contributed by atoms with Crippen molar-refractivity contribution in [2.75, 3.05) is 17.2 Å². The van der Waals surface area contributed by atoms with Crippen molar-refractivity contribution in [1.29, 1.82) is 0 Å². The lowest BCUT2D eigenvalue weighted by Gasteiger charge is -2.25. The van der Waals surface area contributed by atoms with Gasteiger partial charge in [-0.25, -0.2) is 4.68 Å². The van der Waals surface area contributed by atoms with Crippen LogP contribution >= 0.6 is 0 Å². The molecule has 0 fully saturated rings. The number of para-hydroxylation sites is 2. The third kappa shape index (κ3) is 3.96. The highest BCUT2D eigenvalue weighted by Gasteiger charge is 2.29. The molecule has 2 heterocycles.